The zero-order valence-corrected chi connectivity index (χ0v) is 19.3. The molecule has 4 aliphatic carbocycles. The second-order valence-electron chi connectivity index (χ2n) is 9.49. The Morgan fingerprint density at radius 3 is 2.86 bits per heavy atom. The van der Waals surface area contributed by atoms with Crippen molar-refractivity contribution in [3.8, 4) is 0 Å². The topological polar surface area (TPSA) is 39.9 Å². The molecule has 0 radical (unpaired) electrons. The predicted molar refractivity (Wildman–Crippen MR) is 119 cm³/mol. The maximum atomic E-state index is 5.95. The van der Waals surface area contributed by atoms with Gasteiger partial charge in [-0.05, 0) is 100 Å². The van der Waals surface area contributed by atoms with E-state index in [0.29, 0.717) is 5.41 Å². The zero-order chi connectivity index (χ0) is 19.5. The van der Waals surface area contributed by atoms with Gasteiger partial charge in [-0.25, -0.2) is 4.68 Å². The maximum absolute atomic E-state index is 5.95. The van der Waals surface area contributed by atoms with Crippen molar-refractivity contribution >= 4 is 28.3 Å². The summed E-state index contributed by atoms with van der Waals surface area (Å²) in [6, 6.07) is 0. The molecule has 28 heavy (non-hydrogen) atoms. The lowest BCUT2D eigenvalue weighted by atomic mass is 9.48. The van der Waals surface area contributed by atoms with Crippen LogP contribution in [-0.4, -0.2) is 21.6 Å². The van der Waals surface area contributed by atoms with Gasteiger partial charge in [0, 0.05) is 17.5 Å². The molecule has 0 saturated heterocycles. The fourth-order valence-electron chi connectivity index (χ4n) is 6.79. The maximum Gasteiger partial charge on any atom is 0.0963 e. The van der Waals surface area contributed by atoms with Crippen molar-refractivity contribution in [1.29, 1.82) is 0 Å². The SMILES string of the molecule is CCOC1=CC2=C(n3ccnn3)C[C@@H]3[C@H](CC[C@]4(C)C(I)=CC[C@@H]34)[C@@]2(C)CC1. The predicted octanol–water partition coefficient (Wildman–Crippen LogP) is 5.98. The third-order valence-electron chi connectivity index (χ3n) is 8.32. The van der Waals surface area contributed by atoms with Gasteiger partial charge in [0.05, 0.1) is 24.8 Å². The molecule has 1 aromatic rings. The molecular weight excluding hydrogens is 461 g/mol. The van der Waals surface area contributed by atoms with Crippen LogP contribution in [0.3, 0.4) is 0 Å². The molecule has 0 unspecified atom stereocenters. The summed E-state index contributed by atoms with van der Waals surface area (Å²) in [6.45, 7) is 7.86. The Morgan fingerprint density at radius 1 is 1.25 bits per heavy atom. The molecule has 5 heteroatoms. The van der Waals surface area contributed by atoms with Crippen molar-refractivity contribution in [3.05, 3.63) is 39.5 Å². The molecule has 0 N–H and O–H groups in total. The number of allylic oxidation sites excluding steroid dienone is 6. The van der Waals surface area contributed by atoms with Crippen molar-refractivity contribution in [2.45, 2.75) is 59.3 Å². The van der Waals surface area contributed by atoms with Crippen molar-refractivity contribution in [2.24, 2.45) is 28.6 Å². The fourth-order valence-corrected chi connectivity index (χ4v) is 7.72. The Kier molecular flexibility index (Phi) is 4.53. The van der Waals surface area contributed by atoms with Gasteiger partial charge >= 0.3 is 0 Å². The minimum atomic E-state index is 0.208. The number of halogens is 1. The van der Waals surface area contributed by atoms with Crippen LogP contribution in [-0.2, 0) is 4.74 Å². The minimum absolute atomic E-state index is 0.208. The number of hydrogen-bond donors (Lipinski definition) is 0. The van der Waals surface area contributed by atoms with Gasteiger partial charge in [0.25, 0.3) is 0 Å². The Labute approximate surface area is 181 Å². The highest BCUT2D eigenvalue weighted by molar-refractivity contribution is 14.1. The molecule has 4 nitrogen and oxygen atoms in total. The van der Waals surface area contributed by atoms with Crippen molar-refractivity contribution in [2.75, 3.05) is 6.61 Å². The number of aromatic nitrogens is 3. The lowest BCUT2D eigenvalue weighted by Gasteiger charge is -2.57. The molecule has 0 spiro atoms. The summed E-state index contributed by atoms with van der Waals surface area (Å²) in [7, 11) is 0. The quantitative estimate of drug-likeness (QED) is 0.488. The lowest BCUT2D eigenvalue weighted by molar-refractivity contribution is -0.00764. The number of hydrogen-bond acceptors (Lipinski definition) is 3. The normalized spacial score (nSPS) is 39.6. The van der Waals surface area contributed by atoms with Crippen molar-refractivity contribution < 1.29 is 4.74 Å². The molecule has 1 saturated carbocycles. The Morgan fingerprint density at radius 2 is 2.11 bits per heavy atom. The van der Waals surface area contributed by atoms with Gasteiger partial charge < -0.3 is 4.74 Å². The second kappa shape index (κ2) is 6.71. The molecule has 0 aromatic carbocycles. The third-order valence-corrected chi connectivity index (χ3v) is 9.99. The highest BCUT2D eigenvalue weighted by Gasteiger charge is 2.57. The molecule has 1 aromatic heterocycles. The lowest BCUT2D eigenvalue weighted by Crippen LogP contribution is -2.49. The van der Waals surface area contributed by atoms with Gasteiger partial charge in [-0.2, -0.15) is 0 Å². The average molecular weight is 491 g/mol. The van der Waals surface area contributed by atoms with Crippen LogP contribution in [0.2, 0.25) is 0 Å². The summed E-state index contributed by atoms with van der Waals surface area (Å²) in [5.41, 5.74) is 3.40. The van der Waals surface area contributed by atoms with E-state index in [2.05, 4.69) is 65.8 Å². The van der Waals surface area contributed by atoms with Gasteiger partial charge in [-0.1, -0.05) is 25.1 Å². The fraction of sp³-hybridized carbons (Fsp3) is 0.652. The monoisotopic (exact) mass is 491 g/mol. The van der Waals surface area contributed by atoms with E-state index in [0.717, 1.165) is 43.0 Å². The van der Waals surface area contributed by atoms with Crippen LogP contribution in [0.1, 0.15) is 59.3 Å². The summed E-state index contributed by atoms with van der Waals surface area (Å²) in [5, 5.41) is 8.54. The van der Waals surface area contributed by atoms with Gasteiger partial charge in [0.2, 0.25) is 0 Å². The van der Waals surface area contributed by atoms with E-state index in [4.69, 9.17) is 4.74 Å². The number of rotatable bonds is 3. The van der Waals surface area contributed by atoms with E-state index in [1.807, 2.05) is 10.9 Å². The molecule has 0 aliphatic heterocycles. The third kappa shape index (κ3) is 2.60. The van der Waals surface area contributed by atoms with E-state index < -0.39 is 0 Å². The van der Waals surface area contributed by atoms with Crippen LogP contribution in [0.5, 0.6) is 0 Å². The smallest absolute Gasteiger partial charge is 0.0963 e. The van der Waals surface area contributed by atoms with Gasteiger partial charge in [-0.3, -0.25) is 0 Å². The summed E-state index contributed by atoms with van der Waals surface area (Å²) >= 11 is 2.61. The van der Waals surface area contributed by atoms with Crippen LogP contribution in [0, 0.1) is 28.6 Å². The van der Waals surface area contributed by atoms with Crippen molar-refractivity contribution in [1.82, 2.24) is 15.0 Å². The van der Waals surface area contributed by atoms with Crippen LogP contribution in [0.4, 0.5) is 0 Å². The van der Waals surface area contributed by atoms with Gasteiger partial charge in [-0.15, -0.1) is 5.10 Å². The molecule has 1 fully saturated rings. The first kappa shape index (κ1) is 18.9. The Balaban J connectivity index is 1.63. The van der Waals surface area contributed by atoms with Crippen LogP contribution >= 0.6 is 22.6 Å². The molecule has 5 rings (SSSR count). The summed E-state index contributed by atoms with van der Waals surface area (Å²) in [4.78, 5) is 0. The molecule has 150 valence electrons. The molecule has 5 atom stereocenters. The van der Waals surface area contributed by atoms with E-state index in [-0.39, 0.29) is 5.41 Å². The van der Waals surface area contributed by atoms with Crippen LogP contribution < -0.4 is 0 Å². The largest absolute Gasteiger partial charge is 0.498 e. The Hall–Kier alpha value is -1.11. The van der Waals surface area contributed by atoms with E-state index >= 15 is 0 Å². The van der Waals surface area contributed by atoms with E-state index in [1.54, 1.807) is 9.78 Å². The average Bonchev–Trinajstić information content (AvgIpc) is 3.31. The molecule has 4 aliphatic rings. The molecular formula is C23H30IN3O. The highest BCUT2D eigenvalue weighted by atomic mass is 127. The molecule has 0 bridgehead atoms. The van der Waals surface area contributed by atoms with E-state index in [9.17, 15) is 0 Å². The minimum Gasteiger partial charge on any atom is -0.498 e. The van der Waals surface area contributed by atoms with Crippen LogP contribution in [0.25, 0.3) is 5.70 Å². The zero-order valence-electron chi connectivity index (χ0n) is 17.1. The first-order valence-electron chi connectivity index (χ1n) is 10.8. The van der Waals surface area contributed by atoms with E-state index in [1.165, 1.54) is 37.0 Å². The number of ether oxygens (including phenoxy) is 1. The highest BCUT2D eigenvalue weighted by Crippen LogP contribution is 2.66. The number of nitrogens with zero attached hydrogens (tertiary/aromatic N) is 3. The summed E-state index contributed by atoms with van der Waals surface area (Å²) in [6.07, 6.45) is 15.9. The van der Waals surface area contributed by atoms with Gasteiger partial charge in [0.15, 0.2) is 0 Å². The van der Waals surface area contributed by atoms with Crippen LogP contribution in [0.15, 0.2) is 39.5 Å². The standard InChI is InChI=1S/C23H30IN3O/c1-4-28-15-7-9-22(2)18-8-10-23(3)17(5-6-21(23)24)16(18)14-20(19(22)13-15)27-12-11-25-26-27/h6,11-13,16-18H,4-5,7-10,14H2,1-3H3/t16-,17-,18-,22+,23-/m0/s1. The number of fused-ring (bicyclic) bond motifs is 5. The Bertz CT molecular complexity index is 870. The summed E-state index contributed by atoms with van der Waals surface area (Å²) < 4.78 is 9.58. The molecule has 1 heterocycles. The second-order valence-corrected chi connectivity index (χ2v) is 10.7. The first-order chi connectivity index (χ1) is 13.5. The summed E-state index contributed by atoms with van der Waals surface area (Å²) in [5.74, 6) is 3.37. The van der Waals surface area contributed by atoms with Crippen molar-refractivity contribution in [3.63, 3.8) is 0 Å². The first-order valence-corrected chi connectivity index (χ1v) is 11.8. The molecule has 0 amide bonds. The van der Waals surface area contributed by atoms with Gasteiger partial charge in [0.1, 0.15) is 0 Å².